The highest BCUT2D eigenvalue weighted by Gasteiger charge is 2.41. The van der Waals surface area contributed by atoms with Crippen LogP contribution in [0.4, 0.5) is 14.9 Å². The normalized spacial score (nSPS) is 17.1. The molecule has 6 rings (SSSR count). The zero-order chi connectivity index (χ0) is 31.6. The van der Waals surface area contributed by atoms with Crippen LogP contribution < -0.4 is 24.4 Å². The maximum Gasteiger partial charge on any atom is 0.408 e. The molecule has 8 nitrogen and oxygen atoms in total. The average Bonchev–Trinajstić information content (AvgIpc) is 3.51. The van der Waals surface area contributed by atoms with Gasteiger partial charge in [-0.3, -0.25) is 0 Å². The van der Waals surface area contributed by atoms with E-state index >= 15 is 4.39 Å². The van der Waals surface area contributed by atoms with Crippen LogP contribution in [0, 0.1) is 5.82 Å². The minimum Gasteiger partial charge on any atom is -0.491 e. The van der Waals surface area contributed by atoms with Gasteiger partial charge in [0.05, 0.1) is 18.3 Å². The number of carbonyl (C=O) groups excluding carboxylic acids is 1. The summed E-state index contributed by atoms with van der Waals surface area (Å²) in [5.74, 6) is 0.916. The van der Waals surface area contributed by atoms with E-state index in [2.05, 4.69) is 5.32 Å². The Balaban J connectivity index is 1.28. The van der Waals surface area contributed by atoms with Gasteiger partial charge in [0.15, 0.2) is 0 Å². The van der Waals surface area contributed by atoms with E-state index in [0.717, 1.165) is 16.7 Å². The summed E-state index contributed by atoms with van der Waals surface area (Å²) in [6.07, 6.45) is 0.0791. The van der Waals surface area contributed by atoms with E-state index in [4.69, 9.17) is 23.9 Å². The molecular formula is C36H38FN3O5. The molecule has 0 bridgehead atoms. The van der Waals surface area contributed by atoms with Crippen LogP contribution >= 0.6 is 0 Å². The van der Waals surface area contributed by atoms with Gasteiger partial charge in [0, 0.05) is 47.8 Å². The van der Waals surface area contributed by atoms with E-state index in [0.29, 0.717) is 54.6 Å². The molecule has 1 amide bonds. The largest absolute Gasteiger partial charge is 0.491 e. The number of ether oxygens (including phenoxy) is 4. The number of benzene rings is 3. The average molecular weight is 612 g/mol. The fourth-order valence-corrected chi connectivity index (χ4v) is 5.64. The monoisotopic (exact) mass is 611 g/mol. The first kappa shape index (κ1) is 30.2. The number of fused-ring (bicyclic) bond motifs is 1. The number of nitrogens with zero attached hydrogens (tertiary/aromatic N) is 2. The summed E-state index contributed by atoms with van der Waals surface area (Å²) in [7, 11) is 0. The first-order valence-corrected chi connectivity index (χ1v) is 15.3. The zero-order valence-electron chi connectivity index (χ0n) is 26.0. The Morgan fingerprint density at radius 2 is 1.67 bits per heavy atom. The maximum absolute atomic E-state index is 16.3. The number of rotatable bonds is 9. The van der Waals surface area contributed by atoms with Crippen LogP contribution in [0.15, 0.2) is 78.9 Å². The molecule has 2 aliphatic heterocycles. The lowest BCUT2D eigenvalue weighted by Crippen LogP contribution is -2.66. The minimum atomic E-state index is -0.588. The van der Waals surface area contributed by atoms with Gasteiger partial charge in [-0.1, -0.05) is 60.7 Å². The lowest BCUT2D eigenvalue weighted by atomic mass is 9.93. The second kappa shape index (κ2) is 12.7. The van der Waals surface area contributed by atoms with Gasteiger partial charge in [-0.25, -0.2) is 9.18 Å². The molecule has 3 heterocycles. The molecule has 0 radical (unpaired) electrons. The second-order valence-corrected chi connectivity index (χ2v) is 12.4. The Morgan fingerprint density at radius 3 is 2.31 bits per heavy atom. The second-order valence-electron chi connectivity index (χ2n) is 12.4. The molecule has 0 aliphatic carbocycles. The van der Waals surface area contributed by atoms with Crippen molar-refractivity contribution < 1.29 is 28.1 Å². The van der Waals surface area contributed by atoms with E-state index in [1.165, 1.54) is 6.07 Å². The lowest BCUT2D eigenvalue weighted by Gasteiger charge is -2.48. The number of carbonyl (C=O) groups is 1. The van der Waals surface area contributed by atoms with Gasteiger partial charge in [-0.2, -0.15) is 4.98 Å². The van der Waals surface area contributed by atoms with E-state index in [-0.39, 0.29) is 24.6 Å². The predicted octanol–water partition coefficient (Wildman–Crippen LogP) is 7.08. The van der Waals surface area contributed by atoms with Crippen molar-refractivity contribution in [3.63, 3.8) is 0 Å². The number of aromatic nitrogens is 1. The van der Waals surface area contributed by atoms with Crippen molar-refractivity contribution in [3.05, 3.63) is 101 Å². The van der Waals surface area contributed by atoms with Crippen molar-refractivity contribution in [2.75, 3.05) is 18.1 Å². The van der Waals surface area contributed by atoms with Crippen molar-refractivity contribution in [3.8, 4) is 28.6 Å². The van der Waals surface area contributed by atoms with Crippen molar-refractivity contribution in [2.24, 2.45) is 0 Å². The van der Waals surface area contributed by atoms with Crippen LogP contribution in [0.5, 0.6) is 17.5 Å². The molecule has 0 unspecified atom stereocenters. The predicted molar refractivity (Wildman–Crippen MR) is 170 cm³/mol. The van der Waals surface area contributed by atoms with Crippen LogP contribution in [0.2, 0.25) is 0 Å². The number of nitrogens with one attached hydrogen (secondary N) is 1. The van der Waals surface area contributed by atoms with Gasteiger partial charge in [0.1, 0.15) is 30.4 Å². The number of alkyl carbamates (subject to hydrolysis) is 1. The van der Waals surface area contributed by atoms with Crippen LogP contribution in [0.1, 0.15) is 44.4 Å². The molecule has 0 saturated carbocycles. The summed E-state index contributed by atoms with van der Waals surface area (Å²) in [6, 6.07) is 24.4. The molecule has 0 spiro atoms. The van der Waals surface area contributed by atoms with E-state index in [1.807, 2.05) is 93.3 Å². The quantitative estimate of drug-likeness (QED) is 0.217. The van der Waals surface area contributed by atoms with Gasteiger partial charge in [0.2, 0.25) is 11.8 Å². The Hall–Kier alpha value is -4.79. The van der Waals surface area contributed by atoms with Gasteiger partial charge in [0.25, 0.3) is 0 Å². The highest BCUT2D eigenvalue weighted by Crippen LogP contribution is 2.47. The highest BCUT2D eigenvalue weighted by atomic mass is 19.1. The van der Waals surface area contributed by atoms with Gasteiger partial charge in [-0.05, 0) is 44.9 Å². The molecule has 9 heteroatoms. The fourth-order valence-electron chi connectivity index (χ4n) is 5.64. The van der Waals surface area contributed by atoms with Crippen molar-refractivity contribution in [1.82, 2.24) is 10.3 Å². The number of hydrogen-bond donors (Lipinski definition) is 1. The van der Waals surface area contributed by atoms with Crippen LogP contribution in [-0.2, 0) is 24.4 Å². The lowest BCUT2D eigenvalue weighted by molar-refractivity contribution is 0.0481. The van der Waals surface area contributed by atoms with Crippen molar-refractivity contribution >= 4 is 11.8 Å². The third kappa shape index (κ3) is 6.82. The maximum atomic E-state index is 16.3. The van der Waals surface area contributed by atoms with Gasteiger partial charge in [-0.15, -0.1) is 0 Å². The standard InChI is InChI=1S/C36H38FN3O5/c1-23-29(38-35(41)45-36(2,3)4)20-40(23)30-19-28(37)32(26-17-18-42-33(26)30)27-15-16-31(43-21-24-11-7-5-8-12-24)39-34(27)44-22-25-13-9-6-10-14-25/h5-16,19,23,29H,17-18,20-22H2,1-4H3,(H,38,41)/t23-,29-/m0/s1. The number of hydrogen-bond acceptors (Lipinski definition) is 7. The molecule has 4 aromatic rings. The van der Waals surface area contributed by atoms with Gasteiger partial charge >= 0.3 is 6.09 Å². The molecule has 234 valence electrons. The Bertz CT molecular complexity index is 1660. The minimum absolute atomic E-state index is 0.0800. The van der Waals surface area contributed by atoms with Crippen LogP contribution in [0.25, 0.3) is 11.1 Å². The topological polar surface area (TPSA) is 82.2 Å². The molecule has 1 fully saturated rings. The Morgan fingerprint density at radius 1 is 1.00 bits per heavy atom. The van der Waals surface area contributed by atoms with E-state index in [1.54, 1.807) is 12.1 Å². The van der Waals surface area contributed by atoms with Crippen molar-refractivity contribution in [2.45, 2.75) is 65.0 Å². The smallest absolute Gasteiger partial charge is 0.408 e. The summed E-state index contributed by atoms with van der Waals surface area (Å²) in [6.45, 7) is 9.02. The Kier molecular flexibility index (Phi) is 8.52. The number of amides is 1. The molecule has 1 aromatic heterocycles. The number of anilines is 1. The molecule has 45 heavy (non-hydrogen) atoms. The molecule has 3 aromatic carbocycles. The third-order valence-electron chi connectivity index (χ3n) is 7.94. The summed E-state index contributed by atoms with van der Waals surface area (Å²) in [5, 5.41) is 2.93. The number of halogens is 1. The summed E-state index contributed by atoms with van der Waals surface area (Å²) in [5.41, 5.74) is 3.76. The summed E-state index contributed by atoms with van der Waals surface area (Å²) >= 11 is 0. The SMILES string of the molecule is C[C@H]1[C@@H](NC(=O)OC(C)(C)C)CN1c1cc(F)c(-c2ccc(OCc3ccccc3)nc2OCc2ccccc2)c2c1OCC2. The third-order valence-corrected chi connectivity index (χ3v) is 7.94. The molecule has 2 atom stereocenters. The zero-order valence-corrected chi connectivity index (χ0v) is 26.0. The molecular weight excluding hydrogens is 573 g/mol. The first-order chi connectivity index (χ1) is 21.7. The van der Waals surface area contributed by atoms with Crippen LogP contribution in [-0.4, -0.2) is 41.9 Å². The first-order valence-electron chi connectivity index (χ1n) is 15.3. The van der Waals surface area contributed by atoms with E-state index < -0.39 is 17.5 Å². The highest BCUT2D eigenvalue weighted by molar-refractivity contribution is 5.81. The number of pyridine rings is 1. The molecule has 1 saturated heterocycles. The van der Waals surface area contributed by atoms with Crippen LogP contribution in [0.3, 0.4) is 0 Å². The van der Waals surface area contributed by atoms with Gasteiger partial charge < -0.3 is 29.2 Å². The van der Waals surface area contributed by atoms with E-state index in [9.17, 15) is 4.79 Å². The molecule has 2 aliphatic rings. The summed E-state index contributed by atoms with van der Waals surface area (Å²) in [4.78, 5) is 19.1. The van der Waals surface area contributed by atoms with Crippen molar-refractivity contribution in [1.29, 1.82) is 0 Å². The molecule has 1 N–H and O–H groups in total. The Labute approximate surface area is 263 Å². The fraction of sp³-hybridized carbons (Fsp3) is 0.333. The summed E-state index contributed by atoms with van der Waals surface area (Å²) < 4.78 is 40.0.